The molecule has 6 nitrogen and oxygen atoms in total. The molecule has 0 saturated carbocycles. The minimum atomic E-state index is -0.506. The molecule has 1 heterocycles. The van der Waals surface area contributed by atoms with Crippen LogP contribution in [0.5, 0.6) is 5.88 Å². The summed E-state index contributed by atoms with van der Waals surface area (Å²) in [7, 11) is 1.78. The van der Waals surface area contributed by atoms with Crippen molar-refractivity contribution in [2.45, 2.75) is 13.0 Å². The van der Waals surface area contributed by atoms with Gasteiger partial charge in [-0.15, -0.1) is 0 Å². The van der Waals surface area contributed by atoms with Crippen LogP contribution in [0.2, 0.25) is 0 Å². The third kappa shape index (κ3) is 3.17. The van der Waals surface area contributed by atoms with E-state index in [1.54, 1.807) is 7.05 Å². The summed E-state index contributed by atoms with van der Waals surface area (Å²) < 4.78 is 5.33. The molecule has 0 aliphatic carbocycles. The van der Waals surface area contributed by atoms with E-state index in [1.807, 2.05) is 6.92 Å². The highest BCUT2D eigenvalue weighted by Crippen LogP contribution is 2.23. The van der Waals surface area contributed by atoms with Gasteiger partial charge in [0.15, 0.2) is 0 Å². The van der Waals surface area contributed by atoms with Crippen molar-refractivity contribution >= 4 is 5.69 Å². The summed E-state index contributed by atoms with van der Waals surface area (Å²) in [4.78, 5) is 14.0. The molecule has 0 aromatic carbocycles. The first-order chi connectivity index (χ1) is 7.15. The summed E-state index contributed by atoms with van der Waals surface area (Å²) in [6.07, 6.45) is 1.30. The number of nitro groups is 1. The second-order valence-electron chi connectivity index (χ2n) is 3.07. The van der Waals surface area contributed by atoms with E-state index >= 15 is 0 Å². The van der Waals surface area contributed by atoms with E-state index in [4.69, 9.17) is 4.74 Å². The fraction of sp³-hybridized carbons (Fsp3) is 0.444. The number of hydrogen-bond donors (Lipinski definition) is 1. The summed E-state index contributed by atoms with van der Waals surface area (Å²) in [6, 6.07) is 2.88. The van der Waals surface area contributed by atoms with Crippen LogP contribution < -0.4 is 10.1 Å². The molecule has 0 saturated heterocycles. The lowest BCUT2D eigenvalue weighted by Crippen LogP contribution is -2.26. The lowest BCUT2D eigenvalue weighted by Gasteiger charge is -2.12. The van der Waals surface area contributed by atoms with E-state index in [2.05, 4.69) is 10.3 Å². The highest BCUT2D eigenvalue weighted by atomic mass is 16.6. The molecule has 0 aliphatic rings. The minimum Gasteiger partial charge on any atom is -0.468 e. The highest BCUT2D eigenvalue weighted by molar-refractivity contribution is 5.39. The standard InChI is InChI=1S/C9H13N3O3/c1-7(6-10-2)15-9-8(12(13)14)4-3-5-11-9/h3-5,7,10H,6H2,1-2H3. The van der Waals surface area contributed by atoms with Crippen LogP contribution in [0.4, 0.5) is 5.69 Å². The van der Waals surface area contributed by atoms with Gasteiger partial charge in [-0.3, -0.25) is 10.1 Å². The second kappa shape index (κ2) is 5.26. The van der Waals surface area contributed by atoms with Crippen molar-refractivity contribution < 1.29 is 9.66 Å². The van der Waals surface area contributed by atoms with Crippen molar-refractivity contribution in [2.75, 3.05) is 13.6 Å². The number of ether oxygens (including phenoxy) is 1. The molecule has 15 heavy (non-hydrogen) atoms. The van der Waals surface area contributed by atoms with Gasteiger partial charge in [0.2, 0.25) is 0 Å². The van der Waals surface area contributed by atoms with Gasteiger partial charge in [0.05, 0.1) is 4.92 Å². The Morgan fingerprint density at radius 1 is 1.73 bits per heavy atom. The van der Waals surface area contributed by atoms with Gasteiger partial charge in [-0.05, 0) is 20.0 Å². The summed E-state index contributed by atoms with van der Waals surface area (Å²) in [6.45, 7) is 2.42. The Morgan fingerprint density at radius 3 is 3.07 bits per heavy atom. The molecule has 1 unspecified atom stereocenters. The molecule has 0 bridgehead atoms. The second-order valence-corrected chi connectivity index (χ2v) is 3.07. The molecule has 0 amide bonds. The molecular formula is C9H13N3O3. The SMILES string of the molecule is CNCC(C)Oc1ncccc1[N+](=O)[O-]. The van der Waals surface area contributed by atoms with E-state index in [9.17, 15) is 10.1 Å². The molecular weight excluding hydrogens is 198 g/mol. The summed E-state index contributed by atoms with van der Waals surface area (Å²) in [5, 5.41) is 13.5. The molecule has 0 aliphatic heterocycles. The lowest BCUT2D eigenvalue weighted by molar-refractivity contribution is -0.386. The van der Waals surface area contributed by atoms with Crippen molar-refractivity contribution in [3.8, 4) is 5.88 Å². The van der Waals surface area contributed by atoms with Gasteiger partial charge in [0.25, 0.3) is 5.88 Å². The number of nitrogens with one attached hydrogen (secondary N) is 1. The Balaban J connectivity index is 2.79. The smallest absolute Gasteiger partial charge is 0.330 e. The van der Waals surface area contributed by atoms with Gasteiger partial charge >= 0.3 is 5.69 Å². The Bertz CT molecular complexity index is 343. The van der Waals surface area contributed by atoms with Gasteiger partial charge in [0, 0.05) is 18.8 Å². The minimum absolute atomic E-state index is 0.0604. The van der Waals surface area contributed by atoms with Gasteiger partial charge in [0.1, 0.15) is 6.10 Å². The fourth-order valence-electron chi connectivity index (χ4n) is 1.13. The summed E-state index contributed by atoms with van der Waals surface area (Å²) in [5.74, 6) is 0.0604. The van der Waals surface area contributed by atoms with Crippen molar-refractivity contribution in [3.05, 3.63) is 28.4 Å². The van der Waals surface area contributed by atoms with Crippen molar-refractivity contribution in [1.29, 1.82) is 0 Å². The Hall–Kier alpha value is -1.69. The number of pyridine rings is 1. The quantitative estimate of drug-likeness (QED) is 0.580. The van der Waals surface area contributed by atoms with Crippen LogP contribution in [0.1, 0.15) is 6.92 Å². The van der Waals surface area contributed by atoms with E-state index in [0.717, 1.165) is 0 Å². The van der Waals surface area contributed by atoms with Crippen LogP contribution >= 0.6 is 0 Å². The predicted octanol–water partition coefficient (Wildman–Crippen LogP) is 0.976. The highest BCUT2D eigenvalue weighted by Gasteiger charge is 2.17. The third-order valence-corrected chi connectivity index (χ3v) is 1.75. The van der Waals surface area contributed by atoms with Crippen molar-refractivity contribution in [2.24, 2.45) is 0 Å². The largest absolute Gasteiger partial charge is 0.468 e. The van der Waals surface area contributed by atoms with Crippen LogP contribution in [-0.4, -0.2) is 29.6 Å². The average Bonchev–Trinajstić information content (AvgIpc) is 2.18. The average molecular weight is 211 g/mol. The van der Waals surface area contributed by atoms with Gasteiger partial charge < -0.3 is 10.1 Å². The third-order valence-electron chi connectivity index (χ3n) is 1.75. The van der Waals surface area contributed by atoms with Crippen molar-refractivity contribution in [1.82, 2.24) is 10.3 Å². The zero-order valence-electron chi connectivity index (χ0n) is 8.64. The molecule has 1 aromatic rings. The maximum absolute atomic E-state index is 10.6. The monoisotopic (exact) mass is 211 g/mol. The molecule has 1 rings (SSSR count). The fourth-order valence-corrected chi connectivity index (χ4v) is 1.13. The number of hydrogen-bond acceptors (Lipinski definition) is 5. The number of aromatic nitrogens is 1. The van der Waals surface area contributed by atoms with E-state index < -0.39 is 4.92 Å². The predicted molar refractivity (Wildman–Crippen MR) is 54.9 cm³/mol. The van der Waals surface area contributed by atoms with Crippen LogP contribution in [0.3, 0.4) is 0 Å². The Morgan fingerprint density at radius 2 is 2.47 bits per heavy atom. The zero-order valence-corrected chi connectivity index (χ0v) is 8.64. The summed E-state index contributed by atoms with van der Waals surface area (Å²) in [5.41, 5.74) is -0.111. The zero-order chi connectivity index (χ0) is 11.3. The van der Waals surface area contributed by atoms with Crippen LogP contribution in [0.15, 0.2) is 18.3 Å². The first kappa shape index (κ1) is 11.4. The number of rotatable bonds is 5. The molecule has 6 heteroatoms. The first-order valence-corrected chi connectivity index (χ1v) is 4.55. The van der Waals surface area contributed by atoms with Gasteiger partial charge in [-0.25, -0.2) is 4.98 Å². The van der Waals surface area contributed by atoms with Crippen molar-refractivity contribution in [3.63, 3.8) is 0 Å². The van der Waals surface area contributed by atoms with E-state index in [-0.39, 0.29) is 17.7 Å². The molecule has 0 radical (unpaired) electrons. The topological polar surface area (TPSA) is 77.3 Å². The molecule has 1 N–H and O–H groups in total. The maximum atomic E-state index is 10.6. The van der Waals surface area contributed by atoms with Gasteiger partial charge in [-0.1, -0.05) is 0 Å². The lowest BCUT2D eigenvalue weighted by atomic mass is 10.4. The normalized spacial score (nSPS) is 12.1. The molecule has 82 valence electrons. The Labute approximate surface area is 87.4 Å². The molecule has 0 fully saturated rings. The van der Waals surface area contributed by atoms with E-state index in [1.165, 1.54) is 18.3 Å². The maximum Gasteiger partial charge on any atom is 0.330 e. The molecule has 1 atom stereocenters. The van der Waals surface area contributed by atoms with Gasteiger partial charge in [-0.2, -0.15) is 0 Å². The van der Waals surface area contributed by atoms with Crippen LogP contribution in [-0.2, 0) is 0 Å². The molecule has 0 spiro atoms. The Kier molecular flexibility index (Phi) is 3.99. The first-order valence-electron chi connectivity index (χ1n) is 4.55. The van der Waals surface area contributed by atoms with E-state index in [0.29, 0.717) is 6.54 Å². The number of likely N-dealkylation sites (N-methyl/N-ethyl adjacent to an activating group) is 1. The number of nitrogens with zero attached hydrogens (tertiary/aromatic N) is 2. The summed E-state index contributed by atoms with van der Waals surface area (Å²) >= 11 is 0. The molecule has 1 aromatic heterocycles. The van der Waals surface area contributed by atoms with Crippen LogP contribution in [0, 0.1) is 10.1 Å². The van der Waals surface area contributed by atoms with Crippen LogP contribution in [0.25, 0.3) is 0 Å².